The minimum atomic E-state index is -0.529. The third-order valence-electron chi connectivity index (χ3n) is 22.2. The molecule has 0 saturated heterocycles. The van der Waals surface area contributed by atoms with Gasteiger partial charge in [-0.15, -0.1) is 56.7 Å². The van der Waals surface area contributed by atoms with Gasteiger partial charge in [0.05, 0.1) is 91.7 Å². The van der Waals surface area contributed by atoms with E-state index in [1.54, 1.807) is 163 Å². The van der Waals surface area contributed by atoms with Gasteiger partial charge in [0, 0.05) is 97.8 Å². The molecule has 0 amide bonds. The van der Waals surface area contributed by atoms with Crippen molar-refractivity contribution in [2.75, 3.05) is 95.3 Å². The Morgan fingerprint density at radius 3 is 1.03 bits per heavy atom. The van der Waals surface area contributed by atoms with E-state index in [0.717, 1.165) is 41.7 Å². The van der Waals surface area contributed by atoms with Crippen molar-refractivity contribution in [3.63, 3.8) is 0 Å². The van der Waals surface area contributed by atoms with Gasteiger partial charge in [-0.1, -0.05) is 107 Å². The van der Waals surface area contributed by atoms with Gasteiger partial charge < -0.3 is 60.6 Å². The molecule has 0 aliphatic carbocycles. The summed E-state index contributed by atoms with van der Waals surface area (Å²) in [5.74, 6) is -3.90. The number of aryl methyl sites for hydroxylation is 1. The number of fused-ring (bicyclic) bond motifs is 5. The summed E-state index contributed by atoms with van der Waals surface area (Å²) in [7, 11) is 17.5. The number of para-hydroxylation sites is 2. The van der Waals surface area contributed by atoms with Gasteiger partial charge >= 0.3 is 29.8 Å². The molecule has 15 aromatic rings. The van der Waals surface area contributed by atoms with Crippen LogP contribution in [0, 0.1) is 23.3 Å². The lowest BCUT2D eigenvalue weighted by Crippen LogP contribution is -3.00. The number of rotatable bonds is 15. The van der Waals surface area contributed by atoms with Crippen LogP contribution in [0.3, 0.4) is 0 Å². The van der Waals surface area contributed by atoms with Crippen molar-refractivity contribution in [1.29, 1.82) is 0 Å². The SMILES string of the molecule is COC(=O)Cn1c(=O)/c(=C2\Sc3c(F)cccc3N2C)s/c1=C\c1ccccn1.COC(=O)Cn1c(=O)/c(=C2\Sc3cc(F)ccc3N2C)s/c1=C\c1ccccn1.COC(=O)Cn1c(=O)/c(=C2\Sc3ccc(F)cc3N2C)s/c1=C\c1ccccn1.COC(=O)Cn1c(=O)/c(=C2\Sc3cccc(F)c3N2C)s/c1=C\c1ccccn1.COC(=O)Cn1c(=O)/c(=C2\Sc3ccccc3N2C)s/c1=C\c1cccc[n+]1C.[Cl-]. The average Bonchev–Trinajstić information content (AvgIpc) is 1.63. The van der Waals surface area contributed by atoms with E-state index in [1.165, 1.54) is 199 Å². The number of carbonyl (C=O) groups is 5. The highest BCUT2D eigenvalue weighted by molar-refractivity contribution is 8.10. The van der Waals surface area contributed by atoms with Crippen LogP contribution in [0.2, 0.25) is 0 Å². The lowest BCUT2D eigenvalue weighted by atomic mass is 10.3. The first kappa shape index (κ1) is 106. The van der Waals surface area contributed by atoms with Gasteiger partial charge in [0.2, 0.25) is 5.69 Å². The molecular weight excluding hydrogens is 2100 g/mol. The quantitative estimate of drug-likeness (QED) is 0.0560. The molecule has 748 valence electrons. The lowest BCUT2D eigenvalue weighted by Gasteiger charge is -2.12. The Kier molecular flexibility index (Phi) is 34.4. The largest absolute Gasteiger partial charge is 1.00 e. The van der Waals surface area contributed by atoms with E-state index in [0.29, 0.717) is 111 Å². The van der Waals surface area contributed by atoms with E-state index in [2.05, 4.69) is 19.9 Å². The monoisotopic (exact) mass is 2180 g/mol. The van der Waals surface area contributed by atoms with Crippen LogP contribution in [0.1, 0.15) is 28.5 Å². The van der Waals surface area contributed by atoms with E-state index in [1.807, 2.05) is 133 Å². The Morgan fingerprint density at radius 1 is 0.322 bits per heavy atom. The first-order chi connectivity index (χ1) is 69.9. The third kappa shape index (κ3) is 23.3. The molecule has 0 radical (unpaired) electrons. The number of halogens is 5. The Balaban J connectivity index is 0.000000137. The van der Waals surface area contributed by atoms with E-state index >= 15 is 0 Å². The van der Waals surface area contributed by atoms with Gasteiger partial charge in [-0.3, -0.25) is 90.7 Å². The number of pyridine rings is 5. The molecule has 5 aliphatic rings. The summed E-state index contributed by atoms with van der Waals surface area (Å²) in [4.78, 5) is 156. The summed E-state index contributed by atoms with van der Waals surface area (Å²) in [5.41, 5.74) is 5.88. The fourth-order valence-electron chi connectivity index (χ4n) is 14.9. The topological polar surface area (TPSA) is 313 Å². The lowest BCUT2D eigenvalue weighted by molar-refractivity contribution is -0.673. The summed E-state index contributed by atoms with van der Waals surface area (Å²) in [5, 5.41) is 3.51. The van der Waals surface area contributed by atoms with Crippen molar-refractivity contribution in [1.82, 2.24) is 42.8 Å². The fraction of sp³-hybridized carbons (Fsp3) is 0.158. The molecule has 0 unspecified atom stereocenters. The molecule has 0 bridgehead atoms. The van der Waals surface area contributed by atoms with Gasteiger partial charge in [0.15, 0.2) is 6.20 Å². The molecule has 20 rings (SSSR count). The molecule has 5 aromatic carbocycles. The summed E-state index contributed by atoms with van der Waals surface area (Å²) >= 11 is 13.2. The van der Waals surface area contributed by atoms with Gasteiger partial charge in [0.1, 0.15) is 134 Å². The second-order valence-corrected chi connectivity index (χ2v) is 41.6. The maximum Gasteiger partial charge on any atom is 0.325 e. The first-order valence-corrected chi connectivity index (χ1v) is 51.6. The van der Waals surface area contributed by atoms with Crippen LogP contribution in [0.5, 0.6) is 0 Å². The van der Waals surface area contributed by atoms with Crippen molar-refractivity contribution in [3.8, 4) is 0 Å². The number of hydrogen-bond donors (Lipinski definition) is 0. The van der Waals surface area contributed by atoms with Crippen LogP contribution in [-0.4, -0.2) is 143 Å². The zero-order chi connectivity index (χ0) is 103. The molecule has 146 heavy (non-hydrogen) atoms. The Hall–Kier alpha value is -14.2. The number of esters is 5. The molecule has 0 N–H and O–H groups in total. The fourth-order valence-corrected chi connectivity index (χ4v) is 26.9. The maximum atomic E-state index is 14.3. The molecule has 15 heterocycles. The number of benzene rings is 5. The van der Waals surface area contributed by atoms with E-state index in [-0.39, 0.29) is 96.2 Å². The van der Waals surface area contributed by atoms with Crippen molar-refractivity contribution in [3.05, 3.63) is 369 Å². The van der Waals surface area contributed by atoms with E-state index in [9.17, 15) is 65.5 Å². The summed E-state index contributed by atoms with van der Waals surface area (Å²) < 4.78 is 93.9. The van der Waals surface area contributed by atoms with Crippen molar-refractivity contribution in [2.24, 2.45) is 7.05 Å². The van der Waals surface area contributed by atoms with Crippen LogP contribution < -0.4 is 115 Å². The number of hydrogen-bond acceptors (Lipinski definition) is 34. The highest BCUT2D eigenvalue weighted by Crippen LogP contribution is 2.50. The number of aromatic nitrogens is 10. The molecule has 0 saturated carbocycles. The third-order valence-corrected chi connectivity index (χ3v) is 34.7. The molecule has 0 atom stereocenters. The zero-order valence-electron chi connectivity index (χ0n) is 79.0. The summed E-state index contributed by atoms with van der Waals surface area (Å²) in [6.45, 7) is -0.953. The minimum Gasteiger partial charge on any atom is -1.00 e. The summed E-state index contributed by atoms with van der Waals surface area (Å²) in [6.07, 6.45) is 17.5. The van der Waals surface area contributed by atoms with Crippen molar-refractivity contribution in [2.45, 2.75) is 57.2 Å². The molecule has 0 spiro atoms. The average molecular weight is 2180 g/mol. The van der Waals surface area contributed by atoms with Crippen LogP contribution in [0.25, 0.3) is 55.5 Å². The number of ether oxygens (including phenoxy) is 5. The molecule has 10 aromatic heterocycles. The number of methoxy groups -OCH3 is 5. The minimum absolute atomic E-state index is 0. The smallest absolute Gasteiger partial charge is 0.325 e. The number of carbonyl (C=O) groups excluding carboxylic acids is 5. The normalized spacial score (nSPS) is 15.4. The zero-order valence-corrected chi connectivity index (χ0v) is 87.9. The predicted octanol–water partition coefficient (Wildman–Crippen LogP) is 5.06. The number of anilines is 5. The highest BCUT2D eigenvalue weighted by Gasteiger charge is 2.33. The summed E-state index contributed by atoms with van der Waals surface area (Å²) in [6, 6.07) is 54.4. The number of nitrogens with zero attached hydrogens (tertiary/aromatic N) is 15. The van der Waals surface area contributed by atoms with Crippen LogP contribution in [-0.2, 0) is 87.4 Å². The van der Waals surface area contributed by atoms with Gasteiger partial charge in [-0.05, 0) is 152 Å². The second-order valence-electron chi connectivity index (χ2n) is 31.4. The van der Waals surface area contributed by atoms with E-state index < -0.39 is 29.8 Å². The van der Waals surface area contributed by atoms with Crippen molar-refractivity contribution < 1.29 is 82.2 Å². The Labute approximate surface area is 875 Å². The number of thiazole rings is 5. The van der Waals surface area contributed by atoms with Crippen LogP contribution in [0.15, 0.2) is 267 Å². The molecule has 30 nitrogen and oxygen atoms in total. The van der Waals surface area contributed by atoms with Gasteiger partial charge in [0.25, 0.3) is 27.8 Å². The van der Waals surface area contributed by atoms with Gasteiger partial charge in [-0.2, -0.15) is 0 Å². The maximum absolute atomic E-state index is 14.3. The van der Waals surface area contributed by atoms with Crippen LogP contribution >= 0.6 is 115 Å². The molecule has 0 fully saturated rings. The standard InChI is InChI=1S/C21H20N3O3S2.4C20H16FN3O3S2.ClH/c1-22-11-7-6-8-14(22)12-17-24(13-18(25)27-3)20(26)19(29-17)21-23(2)15-9-4-5-10-16(15)28-21;1-23-17-13(21)7-5-8-14(17)28-20(23)18-19(26)24(11-16(25)27-2)15(29-18)10-12-6-3-4-9-22-12;1-23-14-8-5-7-13(21)17(14)29-20(23)18-19(26)24(11-16(25)27-2)15(28-18)10-12-6-3-4-9-22-12;1-23-14-9-12(21)6-7-15(14)28-20(23)18-19(26)24(11-17(25)27-2)16(29-18)10-13-5-3-4-8-22-13;1-23-14-7-6-12(21)9-15(14)28-20(23)18-19(26)24(11-17(25)27-2)16(29-18)10-13-5-3-4-8-22-13;/h4-12H,13H2,1-3H3;4*3-10H,11H2,1-2H3;1H/q+1;;;;;/p-1/b21-19+;2*15-10-,20-18+;2*16-10-,20-18+;. The second kappa shape index (κ2) is 47.3. The Morgan fingerprint density at radius 2 is 0.637 bits per heavy atom. The first-order valence-electron chi connectivity index (χ1n) is 43.5. The Bertz CT molecular complexity index is 8410. The van der Waals surface area contributed by atoms with Crippen LogP contribution in [0.4, 0.5) is 46.0 Å². The van der Waals surface area contributed by atoms with Gasteiger partial charge in [-0.25, -0.2) is 22.1 Å². The molecule has 45 heteroatoms. The predicted molar refractivity (Wildman–Crippen MR) is 562 cm³/mol. The van der Waals surface area contributed by atoms with E-state index in [4.69, 9.17) is 23.7 Å². The van der Waals surface area contributed by atoms with Crippen molar-refractivity contribution >= 4 is 229 Å². The number of thioether (sulfide) groups is 5. The highest BCUT2D eigenvalue weighted by atomic mass is 35.5. The molecular formula is C101H84ClF4N15O15S10. The molecule has 5 aliphatic heterocycles.